The van der Waals surface area contributed by atoms with E-state index in [2.05, 4.69) is 4.74 Å². The van der Waals surface area contributed by atoms with Gasteiger partial charge < -0.3 is 4.74 Å². The van der Waals surface area contributed by atoms with E-state index >= 15 is 0 Å². The van der Waals surface area contributed by atoms with Crippen molar-refractivity contribution in [1.29, 1.82) is 5.26 Å². The smallest absolute Gasteiger partial charge is 0.422 e. The number of hydrogen-bond donors (Lipinski definition) is 0. The minimum absolute atomic E-state index is 0.0158. The zero-order chi connectivity index (χ0) is 11.5. The van der Waals surface area contributed by atoms with Gasteiger partial charge in [-0.3, -0.25) is 0 Å². The predicted octanol–water partition coefficient (Wildman–Crippen LogP) is 3.10. The molecule has 0 heterocycles. The summed E-state index contributed by atoms with van der Waals surface area (Å²) >= 11 is 1.82. The van der Waals surface area contributed by atoms with Gasteiger partial charge in [-0.15, -0.1) is 0 Å². The van der Waals surface area contributed by atoms with Crippen molar-refractivity contribution in [1.82, 2.24) is 0 Å². The van der Waals surface area contributed by atoms with E-state index in [0.717, 1.165) is 0 Å². The molecule has 0 saturated heterocycles. The maximum Gasteiger partial charge on any atom is 0.422 e. The molecule has 0 spiro atoms. The number of ether oxygens (including phenoxy) is 1. The number of rotatable bonds is 2. The van der Waals surface area contributed by atoms with E-state index in [9.17, 15) is 13.2 Å². The van der Waals surface area contributed by atoms with Crippen LogP contribution in [0.5, 0.6) is 5.75 Å². The van der Waals surface area contributed by atoms with Gasteiger partial charge in [0.2, 0.25) is 0 Å². The molecule has 0 radical (unpaired) electrons. The third-order valence-electron chi connectivity index (χ3n) is 1.47. The summed E-state index contributed by atoms with van der Waals surface area (Å²) in [6.07, 6.45) is -4.40. The van der Waals surface area contributed by atoms with Gasteiger partial charge in [0.05, 0.1) is 9.13 Å². The summed E-state index contributed by atoms with van der Waals surface area (Å²) < 4.78 is 40.7. The average molecular weight is 327 g/mol. The normalized spacial score (nSPS) is 10.9. The Kier molecular flexibility index (Phi) is 3.79. The largest absolute Gasteiger partial charge is 0.482 e. The number of benzene rings is 1. The van der Waals surface area contributed by atoms with Crippen LogP contribution in [0.2, 0.25) is 0 Å². The van der Waals surface area contributed by atoms with Crippen LogP contribution in [-0.2, 0) is 0 Å². The molecule has 15 heavy (non-hydrogen) atoms. The van der Waals surface area contributed by atoms with Crippen molar-refractivity contribution in [2.75, 3.05) is 6.61 Å². The van der Waals surface area contributed by atoms with E-state index in [1.165, 1.54) is 6.07 Å². The van der Waals surface area contributed by atoms with Crippen molar-refractivity contribution < 1.29 is 17.9 Å². The summed E-state index contributed by atoms with van der Waals surface area (Å²) in [7, 11) is 0. The first-order chi connectivity index (χ1) is 6.94. The van der Waals surface area contributed by atoms with Crippen LogP contribution in [0.4, 0.5) is 13.2 Å². The Morgan fingerprint density at radius 1 is 1.40 bits per heavy atom. The maximum absolute atomic E-state index is 11.9. The molecule has 0 aromatic heterocycles. The van der Waals surface area contributed by atoms with E-state index in [1.807, 2.05) is 22.6 Å². The fourth-order valence-electron chi connectivity index (χ4n) is 0.898. The van der Waals surface area contributed by atoms with Crippen molar-refractivity contribution in [3.8, 4) is 11.8 Å². The molecule has 1 aromatic carbocycles. The zero-order valence-corrected chi connectivity index (χ0v) is 9.46. The fraction of sp³-hybridized carbons (Fsp3) is 0.222. The quantitative estimate of drug-likeness (QED) is 0.782. The Balaban J connectivity index is 2.90. The van der Waals surface area contributed by atoms with E-state index in [1.54, 1.807) is 18.2 Å². The summed E-state index contributed by atoms with van der Waals surface area (Å²) in [4.78, 5) is 0. The number of hydrogen-bond acceptors (Lipinski definition) is 2. The van der Waals surface area contributed by atoms with E-state index in [0.29, 0.717) is 3.57 Å². The lowest BCUT2D eigenvalue weighted by Crippen LogP contribution is -2.20. The summed E-state index contributed by atoms with van der Waals surface area (Å²) in [6, 6.07) is 6.35. The monoisotopic (exact) mass is 327 g/mol. The lowest BCUT2D eigenvalue weighted by molar-refractivity contribution is -0.153. The van der Waals surface area contributed by atoms with Crippen LogP contribution in [-0.4, -0.2) is 12.8 Å². The van der Waals surface area contributed by atoms with E-state index < -0.39 is 12.8 Å². The van der Waals surface area contributed by atoms with Crippen molar-refractivity contribution in [2.45, 2.75) is 6.18 Å². The summed E-state index contributed by atoms with van der Waals surface area (Å²) in [5, 5.41) is 8.66. The van der Waals surface area contributed by atoms with E-state index in [-0.39, 0.29) is 11.3 Å². The number of halogens is 4. The second-order valence-corrected chi connectivity index (χ2v) is 3.79. The molecule has 0 amide bonds. The Morgan fingerprint density at radius 3 is 2.60 bits per heavy atom. The molecule has 0 aliphatic carbocycles. The number of nitriles is 1. The van der Waals surface area contributed by atoms with E-state index in [4.69, 9.17) is 5.26 Å². The highest BCUT2D eigenvalue weighted by molar-refractivity contribution is 14.1. The van der Waals surface area contributed by atoms with Gasteiger partial charge in [-0.2, -0.15) is 18.4 Å². The second-order valence-electron chi connectivity index (χ2n) is 2.63. The molecule has 6 heteroatoms. The molecule has 0 bridgehead atoms. The van der Waals surface area contributed by atoms with Gasteiger partial charge in [0, 0.05) is 0 Å². The Morgan fingerprint density at radius 2 is 2.07 bits per heavy atom. The Hall–Kier alpha value is -0.970. The highest BCUT2D eigenvalue weighted by atomic mass is 127. The highest BCUT2D eigenvalue weighted by Gasteiger charge is 2.29. The average Bonchev–Trinajstić information content (AvgIpc) is 2.14. The van der Waals surface area contributed by atoms with Gasteiger partial charge in [-0.05, 0) is 34.7 Å². The fourth-order valence-corrected chi connectivity index (χ4v) is 1.55. The van der Waals surface area contributed by atoms with Crippen molar-refractivity contribution in [3.63, 3.8) is 0 Å². The van der Waals surface area contributed by atoms with Crippen LogP contribution < -0.4 is 4.74 Å². The second kappa shape index (κ2) is 4.70. The van der Waals surface area contributed by atoms with Crippen LogP contribution in [0, 0.1) is 14.9 Å². The molecule has 0 aliphatic heterocycles. The minimum atomic E-state index is -4.40. The van der Waals surface area contributed by atoms with Gasteiger partial charge in [0.1, 0.15) is 6.07 Å². The van der Waals surface area contributed by atoms with Gasteiger partial charge in [-0.1, -0.05) is 6.07 Å². The molecule has 0 unspecified atom stereocenters. The molecule has 1 rings (SSSR count). The van der Waals surface area contributed by atoms with Crippen LogP contribution in [0.3, 0.4) is 0 Å². The number of nitrogens with zero attached hydrogens (tertiary/aromatic N) is 1. The molecule has 1 aromatic rings. The predicted molar refractivity (Wildman–Crippen MR) is 55.4 cm³/mol. The van der Waals surface area contributed by atoms with Crippen molar-refractivity contribution in [2.24, 2.45) is 0 Å². The van der Waals surface area contributed by atoms with Gasteiger partial charge in [0.25, 0.3) is 0 Å². The van der Waals surface area contributed by atoms with Crippen LogP contribution >= 0.6 is 22.6 Å². The molecular weight excluding hydrogens is 322 g/mol. The molecule has 2 nitrogen and oxygen atoms in total. The summed E-state index contributed by atoms with van der Waals surface area (Å²) in [6.45, 7) is -1.39. The molecule has 0 aliphatic rings. The topological polar surface area (TPSA) is 33.0 Å². The van der Waals surface area contributed by atoms with Crippen LogP contribution in [0.1, 0.15) is 5.56 Å². The molecule has 0 N–H and O–H groups in total. The SMILES string of the molecule is N#Cc1cccc(I)c1OCC(F)(F)F. The van der Waals surface area contributed by atoms with Crippen LogP contribution in [0.25, 0.3) is 0 Å². The first-order valence-electron chi connectivity index (χ1n) is 3.82. The van der Waals surface area contributed by atoms with Crippen molar-refractivity contribution >= 4 is 22.6 Å². The molecule has 0 atom stereocenters. The Labute approximate surface area is 97.8 Å². The van der Waals surface area contributed by atoms with Crippen LogP contribution in [0.15, 0.2) is 18.2 Å². The molecule has 0 fully saturated rings. The first-order valence-corrected chi connectivity index (χ1v) is 4.90. The third kappa shape index (κ3) is 3.58. The van der Waals surface area contributed by atoms with Crippen molar-refractivity contribution in [3.05, 3.63) is 27.3 Å². The summed E-state index contributed by atoms with van der Waals surface area (Å²) in [5.41, 5.74) is 0.103. The highest BCUT2D eigenvalue weighted by Crippen LogP contribution is 2.27. The minimum Gasteiger partial charge on any atom is -0.482 e. The molecular formula is C9H5F3INO. The van der Waals surface area contributed by atoms with Gasteiger partial charge in [0.15, 0.2) is 12.4 Å². The molecule has 0 saturated carbocycles. The lowest BCUT2D eigenvalue weighted by atomic mass is 10.2. The maximum atomic E-state index is 11.9. The van der Waals surface area contributed by atoms with Gasteiger partial charge in [-0.25, -0.2) is 0 Å². The summed E-state index contributed by atoms with van der Waals surface area (Å²) in [5.74, 6) is -0.0158. The third-order valence-corrected chi connectivity index (χ3v) is 2.32. The number of alkyl halides is 3. The van der Waals surface area contributed by atoms with Gasteiger partial charge >= 0.3 is 6.18 Å². The lowest BCUT2D eigenvalue weighted by Gasteiger charge is -2.11. The first kappa shape index (κ1) is 12.1. The standard InChI is InChI=1S/C9H5F3INO/c10-9(11,12)5-15-8-6(4-14)2-1-3-7(8)13/h1-3H,5H2. The molecule has 80 valence electrons. The zero-order valence-electron chi connectivity index (χ0n) is 7.31. The number of para-hydroxylation sites is 1. The Bertz CT molecular complexity index is 397.